The molecule has 11 heteroatoms. The van der Waals surface area contributed by atoms with E-state index in [1.165, 1.54) is 36.4 Å². The van der Waals surface area contributed by atoms with E-state index in [2.05, 4.69) is 16.4 Å². The molecule has 3 rings (SSSR count). The molecule has 9 nitrogen and oxygen atoms in total. The minimum Gasteiger partial charge on any atom is -0.442 e. The Kier molecular flexibility index (Phi) is 6.40. The van der Waals surface area contributed by atoms with Crippen LogP contribution in [0.4, 0.5) is 10.5 Å². The van der Waals surface area contributed by atoms with Gasteiger partial charge in [-0.25, -0.2) is 21.6 Å². The number of aromatic nitrogens is 2. The molecular weight excluding hydrogens is 466 g/mol. The summed E-state index contributed by atoms with van der Waals surface area (Å²) in [6, 6.07) is 9.89. The number of sulfonamides is 1. The first-order valence-electron chi connectivity index (χ1n) is 9.91. The zero-order valence-electron chi connectivity index (χ0n) is 18.7. The number of nitrogens with zero attached hydrogens (tertiary/aromatic N) is 2. The quantitative estimate of drug-likeness (QED) is 0.521. The van der Waals surface area contributed by atoms with Gasteiger partial charge in [0.25, 0.3) is 10.0 Å². The highest BCUT2D eigenvalue weighted by atomic mass is 32.2. The van der Waals surface area contributed by atoms with E-state index >= 15 is 0 Å². The second-order valence-electron chi connectivity index (χ2n) is 8.39. The second-order valence-corrected chi connectivity index (χ2v) is 12.0. The molecule has 3 aromatic rings. The van der Waals surface area contributed by atoms with Gasteiger partial charge in [0.2, 0.25) is 0 Å². The van der Waals surface area contributed by atoms with Crippen LogP contribution in [0.3, 0.4) is 0 Å². The van der Waals surface area contributed by atoms with Gasteiger partial charge in [0.15, 0.2) is 9.84 Å². The van der Waals surface area contributed by atoms with E-state index in [0.717, 1.165) is 10.9 Å². The van der Waals surface area contributed by atoms with E-state index in [1.54, 1.807) is 32.9 Å². The van der Waals surface area contributed by atoms with Gasteiger partial charge in [-0.05, 0) is 51.1 Å². The van der Waals surface area contributed by atoms with Gasteiger partial charge in [0.05, 0.1) is 16.1 Å². The summed E-state index contributed by atoms with van der Waals surface area (Å²) in [5, 5.41) is 4.84. The minimum atomic E-state index is -4.22. The third kappa shape index (κ3) is 5.42. The van der Waals surface area contributed by atoms with Crippen molar-refractivity contribution in [2.45, 2.75) is 42.6 Å². The smallest absolute Gasteiger partial charge is 0.435 e. The van der Waals surface area contributed by atoms with Crippen molar-refractivity contribution in [3.63, 3.8) is 0 Å². The number of fused-ring (bicyclic) bond motifs is 1. The summed E-state index contributed by atoms with van der Waals surface area (Å²) in [7, 11) is -8.00. The van der Waals surface area contributed by atoms with E-state index in [0.29, 0.717) is 23.0 Å². The van der Waals surface area contributed by atoms with Crippen LogP contribution in [0.5, 0.6) is 0 Å². The highest BCUT2D eigenvalue weighted by molar-refractivity contribution is 7.95. The van der Waals surface area contributed by atoms with Gasteiger partial charge < -0.3 is 4.74 Å². The number of carbonyl (C=O) groups is 1. The Morgan fingerprint density at radius 3 is 2.33 bits per heavy atom. The fourth-order valence-corrected chi connectivity index (χ4v) is 5.84. The lowest BCUT2D eigenvalue weighted by molar-refractivity contribution is 0.0522. The maximum atomic E-state index is 13.0. The molecule has 1 heterocycles. The van der Waals surface area contributed by atoms with Gasteiger partial charge >= 0.3 is 6.09 Å². The van der Waals surface area contributed by atoms with Crippen LogP contribution in [0.15, 0.2) is 64.9 Å². The zero-order chi connectivity index (χ0) is 24.6. The molecule has 1 N–H and O–H groups in total. The molecule has 0 radical (unpaired) electrons. The largest absolute Gasteiger partial charge is 0.442 e. The summed E-state index contributed by atoms with van der Waals surface area (Å²) < 4.78 is 59.0. The highest BCUT2D eigenvalue weighted by Crippen LogP contribution is 2.28. The fourth-order valence-electron chi connectivity index (χ4n) is 3.16. The first kappa shape index (κ1) is 24.5. The lowest BCUT2D eigenvalue weighted by Gasteiger charge is -2.19. The van der Waals surface area contributed by atoms with Crippen molar-refractivity contribution in [1.82, 2.24) is 9.78 Å². The summed E-state index contributed by atoms with van der Waals surface area (Å²) in [5.41, 5.74) is 0.389. The number of allylic oxidation sites excluding steroid dienone is 1. The van der Waals surface area contributed by atoms with Gasteiger partial charge in [0.1, 0.15) is 10.5 Å². The molecule has 0 saturated heterocycles. The second kappa shape index (κ2) is 8.64. The van der Waals surface area contributed by atoms with Crippen molar-refractivity contribution in [1.29, 1.82) is 0 Å². The van der Waals surface area contributed by atoms with Crippen LogP contribution < -0.4 is 4.72 Å². The Balaban J connectivity index is 2.07. The van der Waals surface area contributed by atoms with Gasteiger partial charge in [0, 0.05) is 23.8 Å². The van der Waals surface area contributed by atoms with Gasteiger partial charge in [-0.15, -0.1) is 6.58 Å². The zero-order valence-corrected chi connectivity index (χ0v) is 20.3. The van der Waals surface area contributed by atoms with Crippen LogP contribution in [-0.4, -0.2) is 44.6 Å². The molecule has 0 bridgehead atoms. The molecule has 0 saturated carbocycles. The van der Waals surface area contributed by atoms with Crippen LogP contribution in [0.25, 0.3) is 10.9 Å². The van der Waals surface area contributed by atoms with E-state index in [-0.39, 0.29) is 15.5 Å². The number of benzene rings is 2. The van der Waals surface area contributed by atoms with Crippen LogP contribution in [0.1, 0.15) is 26.5 Å². The van der Waals surface area contributed by atoms with Crippen molar-refractivity contribution in [3.8, 4) is 0 Å². The number of sulfone groups is 1. The van der Waals surface area contributed by atoms with E-state index < -0.39 is 31.6 Å². The van der Waals surface area contributed by atoms with E-state index in [4.69, 9.17) is 4.74 Å². The Morgan fingerprint density at radius 1 is 1.12 bits per heavy atom. The fraction of sp³-hybridized carbons (Fsp3) is 0.273. The molecule has 0 atom stereocenters. The highest BCUT2D eigenvalue weighted by Gasteiger charge is 2.25. The molecule has 0 aliphatic rings. The molecular formula is C22H25N3O6S2. The number of ether oxygens (including phenoxy) is 1. The van der Waals surface area contributed by atoms with Crippen molar-refractivity contribution in [3.05, 3.63) is 60.8 Å². The number of rotatable bonds is 6. The first-order chi connectivity index (χ1) is 15.2. The number of hydrogen-bond donors (Lipinski definition) is 1. The minimum absolute atomic E-state index is 0.180. The Morgan fingerprint density at radius 2 is 1.76 bits per heavy atom. The van der Waals surface area contributed by atoms with Crippen molar-refractivity contribution in [2.75, 3.05) is 11.0 Å². The Bertz CT molecular complexity index is 1450. The lowest BCUT2D eigenvalue weighted by atomic mass is 10.1. The van der Waals surface area contributed by atoms with Crippen LogP contribution >= 0.6 is 0 Å². The summed E-state index contributed by atoms with van der Waals surface area (Å²) in [5.74, 6) is 0. The number of carbonyl (C=O) groups excluding carboxylic acids is 1. The monoisotopic (exact) mass is 491 g/mol. The van der Waals surface area contributed by atoms with Gasteiger partial charge in [-0.2, -0.15) is 9.78 Å². The van der Waals surface area contributed by atoms with E-state index in [9.17, 15) is 21.6 Å². The van der Waals surface area contributed by atoms with Gasteiger partial charge in [-0.3, -0.25) is 4.72 Å². The van der Waals surface area contributed by atoms with Crippen molar-refractivity contribution >= 4 is 42.5 Å². The molecule has 0 fully saturated rings. The maximum absolute atomic E-state index is 13.0. The van der Waals surface area contributed by atoms with Crippen molar-refractivity contribution in [2.24, 2.45) is 0 Å². The van der Waals surface area contributed by atoms with Crippen LogP contribution in [0, 0.1) is 0 Å². The molecule has 0 amide bonds. The third-order valence-corrected chi connectivity index (χ3v) is 7.17. The average molecular weight is 492 g/mol. The average Bonchev–Trinajstić information content (AvgIpc) is 3.04. The molecule has 0 unspecified atom stereocenters. The van der Waals surface area contributed by atoms with Gasteiger partial charge in [-0.1, -0.05) is 18.2 Å². The Labute approximate surface area is 193 Å². The molecule has 0 spiro atoms. The predicted molar refractivity (Wildman–Crippen MR) is 126 cm³/mol. The standard InChI is InChI=1S/C22H25N3O6S2/c1-6-9-17-16-14-15(12-13-18(16)25(23-17)21(26)31-22(2,3)4)24-33(29,30)20-11-8-7-10-19(20)32(5,27)28/h6-8,10-14,24H,1,9H2,2-5H3. The van der Waals surface area contributed by atoms with Crippen molar-refractivity contribution < 1.29 is 26.4 Å². The van der Waals surface area contributed by atoms with E-state index in [1.807, 2.05) is 0 Å². The normalized spacial score (nSPS) is 12.5. The SMILES string of the molecule is C=CCc1nn(C(=O)OC(C)(C)C)c2ccc(NS(=O)(=O)c3ccccc3S(C)(=O)=O)cc12. The first-order valence-corrected chi connectivity index (χ1v) is 13.3. The lowest BCUT2D eigenvalue weighted by Crippen LogP contribution is -2.27. The van der Waals surface area contributed by atoms with Crippen LogP contribution in [0.2, 0.25) is 0 Å². The summed E-state index contributed by atoms with van der Waals surface area (Å²) in [4.78, 5) is 11.9. The molecule has 1 aromatic heterocycles. The third-order valence-electron chi connectivity index (χ3n) is 4.45. The predicted octanol–water partition coefficient (Wildman–Crippen LogP) is 3.75. The molecule has 0 aliphatic carbocycles. The maximum Gasteiger partial charge on any atom is 0.435 e. The summed E-state index contributed by atoms with van der Waals surface area (Å²) in [6.45, 7) is 8.91. The van der Waals surface area contributed by atoms with Crippen LogP contribution in [-0.2, 0) is 31.0 Å². The summed E-state index contributed by atoms with van der Waals surface area (Å²) >= 11 is 0. The summed E-state index contributed by atoms with van der Waals surface area (Å²) in [6.07, 6.45) is 2.22. The number of anilines is 1. The number of nitrogens with one attached hydrogen (secondary N) is 1. The molecule has 176 valence electrons. The molecule has 0 aliphatic heterocycles. The Hall–Kier alpha value is -3.18. The molecule has 2 aromatic carbocycles. The topological polar surface area (TPSA) is 124 Å². The number of hydrogen-bond acceptors (Lipinski definition) is 7. The molecule has 33 heavy (non-hydrogen) atoms.